The van der Waals surface area contributed by atoms with E-state index < -0.39 is 6.61 Å². The summed E-state index contributed by atoms with van der Waals surface area (Å²) in [5, 5.41) is 0. The molecule has 0 radical (unpaired) electrons. The molecule has 1 aromatic carbocycles. The maximum Gasteiger partial charge on any atom is 0.387 e. The molecule has 0 aliphatic heterocycles. The Balaban J connectivity index is 2.75. The predicted octanol–water partition coefficient (Wildman–Crippen LogP) is 2.68. The van der Waals surface area contributed by atoms with Crippen LogP contribution in [-0.4, -0.2) is 12.7 Å². The zero-order valence-corrected chi connectivity index (χ0v) is 7.98. The Bertz CT molecular complexity index is 358. The zero-order chi connectivity index (χ0) is 11.3. The molecule has 0 unspecified atom stereocenters. The summed E-state index contributed by atoms with van der Waals surface area (Å²) in [5.41, 5.74) is 0.736. The molecule has 0 aliphatic carbocycles. The quantitative estimate of drug-likeness (QED) is 0.569. The maximum absolute atomic E-state index is 11.8. The summed E-state index contributed by atoms with van der Waals surface area (Å²) < 4.78 is 27.8. The number of isocyanates is 1. The summed E-state index contributed by atoms with van der Waals surface area (Å²) in [6, 6.07) is 5.62. The van der Waals surface area contributed by atoms with Crippen molar-refractivity contribution in [3.8, 4) is 5.75 Å². The molecule has 0 heterocycles. The van der Waals surface area contributed by atoms with Crippen molar-refractivity contribution in [2.24, 2.45) is 4.99 Å². The third kappa shape index (κ3) is 3.48. The minimum atomic E-state index is -2.83. The maximum atomic E-state index is 11.8. The molecular weight excluding hydrogens is 204 g/mol. The Morgan fingerprint density at radius 3 is 2.40 bits per heavy atom. The lowest BCUT2D eigenvalue weighted by Gasteiger charge is -2.07. The normalized spacial score (nSPS) is 12.0. The fourth-order valence-corrected chi connectivity index (χ4v) is 1.08. The molecule has 1 atom stereocenters. The van der Waals surface area contributed by atoms with E-state index in [1.165, 1.54) is 18.2 Å². The third-order valence-corrected chi connectivity index (χ3v) is 1.83. The summed E-state index contributed by atoms with van der Waals surface area (Å²) in [4.78, 5) is 13.5. The van der Waals surface area contributed by atoms with E-state index in [1.54, 1.807) is 19.1 Å². The molecule has 0 spiro atoms. The third-order valence-electron chi connectivity index (χ3n) is 1.83. The average Bonchev–Trinajstić information content (AvgIpc) is 2.18. The Labute approximate surface area is 85.4 Å². The molecule has 15 heavy (non-hydrogen) atoms. The van der Waals surface area contributed by atoms with Gasteiger partial charge in [0.2, 0.25) is 6.08 Å². The van der Waals surface area contributed by atoms with Gasteiger partial charge in [-0.25, -0.2) is 4.79 Å². The fraction of sp³-hybridized carbons (Fsp3) is 0.300. The first kappa shape index (κ1) is 11.3. The van der Waals surface area contributed by atoms with E-state index in [0.717, 1.165) is 5.56 Å². The van der Waals surface area contributed by atoms with Crippen molar-refractivity contribution in [3.05, 3.63) is 29.8 Å². The van der Waals surface area contributed by atoms with E-state index in [9.17, 15) is 13.6 Å². The second-order valence-electron chi connectivity index (χ2n) is 2.84. The van der Waals surface area contributed by atoms with E-state index in [2.05, 4.69) is 9.73 Å². The number of hydrogen-bond donors (Lipinski definition) is 0. The van der Waals surface area contributed by atoms with Crippen LogP contribution < -0.4 is 4.74 Å². The van der Waals surface area contributed by atoms with Crippen molar-refractivity contribution in [1.82, 2.24) is 0 Å². The number of aliphatic imine (C=N–C) groups is 1. The Hall–Kier alpha value is -1.74. The first-order chi connectivity index (χ1) is 7.13. The lowest BCUT2D eigenvalue weighted by Crippen LogP contribution is -2.01. The second kappa shape index (κ2) is 5.22. The molecular formula is C10H9F2NO2. The number of carbonyl (C=O) groups excluding carboxylic acids is 1. The van der Waals surface area contributed by atoms with Crippen molar-refractivity contribution in [2.75, 3.05) is 0 Å². The number of ether oxygens (including phenoxy) is 1. The van der Waals surface area contributed by atoms with Crippen LogP contribution in [0, 0.1) is 0 Å². The van der Waals surface area contributed by atoms with Crippen LogP contribution in [0.4, 0.5) is 8.78 Å². The summed E-state index contributed by atoms with van der Waals surface area (Å²) in [7, 11) is 0. The van der Waals surface area contributed by atoms with Gasteiger partial charge in [0.15, 0.2) is 0 Å². The van der Waals surface area contributed by atoms with E-state index in [4.69, 9.17) is 0 Å². The molecule has 0 aliphatic rings. The molecule has 5 heteroatoms. The van der Waals surface area contributed by atoms with Gasteiger partial charge < -0.3 is 4.74 Å². The van der Waals surface area contributed by atoms with Crippen LogP contribution in [0.3, 0.4) is 0 Å². The van der Waals surface area contributed by atoms with Gasteiger partial charge in [-0.15, -0.1) is 0 Å². The van der Waals surface area contributed by atoms with Crippen LogP contribution in [-0.2, 0) is 4.79 Å². The highest BCUT2D eigenvalue weighted by Crippen LogP contribution is 2.20. The molecule has 0 amide bonds. The molecule has 0 bridgehead atoms. The monoisotopic (exact) mass is 213 g/mol. The number of halogens is 2. The average molecular weight is 213 g/mol. The molecule has 80 valence electrons. The lowest BCUT2D eigenvalue weighted by molar-refractivity contribution is -0.0498. The minimum absolute atomic E-state index is 0.0797. The largest absolute Gasteiger partial charge is 0.435 e. The fourth-order valence-electron chi connectivity index (χ4n) is 1.08. The predicted molar refractivity (Wildman–Crippen MR) is 49.6 cm³/mol. The van der Waals surface area contributed by atoms with E-state index in [-0.39, 0.29) is 11.8 Å². The first-order valence-corrected chi connectivity index (χ1v) is 4.25. The number of alkyl halides is 2. The summed E-state index contributed by atoms with van der Waals surface area (Å²) in [6.07, 6.45) is 1.44. The van der Waals surface area contributed by atoms with Crippen molar-refractivity contribution >= 4 is 6.08 Å². The van der Waals surface area contributed by atoms with Crippen molar-refractivity contribution in [2.45, 2.75) is 19.6 Å². The molecule has 0 fully saturated rings. The number of benzene rings is 1. The van der Waals surface area contributed by atoms with Crippen molar-refractivity contribution < 1.29 is 18.3 Å². The number of hydrogen-bond acceptors (Lipinski definition) is 3. The standard InChI is InChI=1S/C10H9F2NO2/c1-7(13-6-14)8-2-4-9(5-3-8)15-10(11)12/h2-5,7,10H,1H3/t7-/m0/s1. The zero-order valence-electron chi connectivity index (χ0n) is 7.98. The van der Waals surface area contributed by atoms with Gasteiger partial charge in [0.25, 0.3) is 0 Å². The summed E-state index contributed by atoms with van der Waals surface area (Å²) in [5.74, 6) is 0.0797. The van der Waals surface area contributed by atoms with E-state index >= 15 is 0 Å². The Kier molecular flexibility index (Phi) is 3.94. The van der Waals surface area contributed by atoms with Gasteiger partial charge in [0.05, 0.1) is 6.04 Å². The molecule has 0 aromatic heterocycles. The first-order valence-electron chi connectivity index (χ1n) is 4.25. The van der Waals surface area contributed by atoms with Gasteiger partial charge in [0, 0.05) is 0 Å². The highest BCUT2D eigenvalue weighted by atomic mass is 19.3. The Morgan fingerprint density at radius 2 is 1.93 bits per heavy atom. The minimum Gasteiger partial charge on any atom is -0.435 e. The van der Waals surface area contributed by atoms with Gasteiger partial charge in [-0.3, -0.25) is 0 Å². The van der Waals surface area contributed by atoms with Crippen LogP contribution in [0.2, 0.25) is 0 Å². The molecule has 1 aromatic rings. The van der Waals surface area contributed by atoms with E-state index in [1.807, 2.05) is 0 Å². The molecule has 0 N–H and O–H groups in total. The summed E-state index contributed by atoms with van der Waals surface area (Å²) >= 11 is 0. The number of nitrogens with zero attached hydrogens (tertiary/aromatic N) is 1. The molecule has 3 nitrogen and oxygen atoms in total. The lowest BCUT2D eigenvalue weighted by atomic mass is 10.1. The number of rotatable bonds is 4. The SMILES string of the molecule is C[C@H](N=C=O)c1ccc(OC(F)F)cc1. The van der Waals surface area contributed by atoms with Gasteiger partial charge in [-0.05, 0) is 24.6 Å². The van der Waals surface area contributed by atoms with Crippen molar-refractivity contribution in [1.29, 1.82) is 0 Å². The highest BCUT2D eigenvalue weighted by Gasteiger charge is 2.06. The van der Waals surface area contributed by atoms with Gasteiger partial charge >= 0.3 is 6.61 Å². The van der Waals surface area contributed by atoms with E-state index in [0.29, 0.717) is 0 Å². The van der Waals surface area contributed by atoms with Gasteiger partial charge in [-0.2, -0.15) is 13.8 Å². The van der Waals surface area contributed by atoms with Crippen molar-refractivity contribution in [3.63, 3.8) is 0 Å². The smallest absolute Gasteiger partial charge is 0.387 e. The van der Waals surface area contributed by atoms with Gasteiger partial charge in [-0.1, -0.05) is 12.1 Å². The highest BCUT2D eigenvalue weighted by molar-refractivity contribution is 5.36. The van der Waals surface area contributed by atoms with Crippen LogP contribution in [0.5, 0.6) is 5.75 Å². The van der Waals surface area contributed by atoms with Gasteiger partial charge in [0.1, 0.15) is 5.75 Å². The van der Waals surface area contributed by atoms with Crippen LogP contribution in [0.15, 0.2) is 29.3 Å². The molecule has 1 rings (SSSR count). The molecule has 0 saturated carbocycles. The van der Waals surface area contributed by atoms with Crippen LogP contribution >= 0.6 is 0 Å². The second-order valence-corrected chi connectivity index (χ2v) is 2.84. The molecule has 0 saturated heterocycles. The topological polar surface area (TPSA) is 38.7 Å². The van der Waals surface area contributed by atoms with Crippen LogP contribution in [0.1, 0.15) is 18.5 Å². The Morgan fingerprint density at radius 1 is 1.33 bits per heavy atom. The summed E-state index contributed by atoms with van der Waals surface area (Å²) in [6.45, 7) is -1.13. The van der Waals surface area contributed by atoms with Crippen LogP contribution in [0.25, 0.3) is 0 Å².